The third-order valence-corrected chi connectivity index (χ3v) is 6.64. The van der Waals surface area contributed by atoms with Crippen LogP contribution in [0.25, 0.3) is 11.1 Å². The van der Waals surface area contributed by atoms with Crippen LogP contribution in [0.3, 0.4) is 0 Å². The first-order chi connectivity index (χ1) is 13.5. The van der Waals surface area contributed by atoms with E-state index < -0.39 is 0 Å². The molecule has 1 saturated heterocycles. The van der Waals surface area contributed by atoms with Crippen molar-refractivity contribution in [3.8, 4) is 11.1 Å². The Morgan fingerprint density at radius 1 is 1.04 bits per heavy atom. The van der Waals surface area contributed by atoms with Gasteiger partial charge in [-0.2, -0.15) is 0 Å². The average Bonchev–Trinajstić information content (AvgIpc) is 3.34. The van der Waals surface area contributed by atoms with E-state index in [4.69, 9.17) is 23.2 Å². The highest BCUT2D eigenvalue weighted by atomic mass is 35.5. The van der Waals surface area contributed by atoms with Crippen molar-refractivity contribution in [3.63, 3.8) is 0 Å². The van der Waals surface area contributed by atoms with Crippen LogP contribution >= 0.6 is 23.2 Å². The van der Waals surface area contributed by atoms with E-state index in [1.807, 2.05) is 17.0 Å². The number of nitrogens with zero attached hydrogens (tertiary/aromatic N) is 3. The fourth-order valence-corrected chi connectivity index (χ4v) is 4.85. The highest BCUT2D eigenvalue weighted by Gasteiger charge is 2.39. The number of hydrogen-bond donors (Lipinski definition) is 0. The molecule has 0 aromatic heterocycles. The van der Waals surface area contributed by atoms with Gasteiger partial charge in [0.05, 0.1) is 17.3 Å². The van der Waals surface area contributed by atoms with Gasteiger partial charge in [0.15, 0.2) is 0 Å². The summed E-state index contributed by atoms with van der Waals surface area (Å²) in [4.78, 5) is 19.3. The lowest BCUT2D eigenvalue weighted by Crippen LogP contribution is -2.25. The molecule has 3 aliphatic rings. The number of halogens is 2. The number of carbonyl (C=O) groups is 1. The Balaban J connectivity index is 1.41. The molecule has 28 heavy (non-hydrogen) atoms. The number of benzene rings is 2. The highest BCUT2D eigenvalue weighted by molar-refractivity contribution is 6.34. The van der Waals surface area contributed by atoms with E-state index in [-0.39, 0.29) is 5.91 Å². The Morgan fingerprint density at radius 2 is 1.82 bits per heavy atom. The second-order valence-corrected chi connectivity index (χ2v) is 9.05. The second kappa shape index (κ2) is 7.03. The molecule has 0 radical (unpaired) electrons. The van der Waals surface area contributed by atoms with Gasteiger partial charge in [0.2, 0.25) is 0 Å². The smallest absolute Gasteiger partial charge is 0.256 e. The first-order valence-electron chi connectivity index (χ1n) is 9.82. The number of rotatable bonds is 4. The lowest BCUT2D eigenvalue weighted by molar-refractivity contribution is 0.0767. The van der Waals surface area contributed by atoms with Crippen molar-refractivity contribution >= 4 is 29.1 Å². The minimum Gasteiger partial charge on any atom is -0.331 e. The maximum atomic E-state index is 12.6. The lowest BCUT2D eigenvalue weighted by atomic mass is 9.99. The molecular weight excluding hydrogens is 393 g/mol. The molecule has 1 aliphatic carbocycles. The minimum atomic E-state index is 0.0815. The zero-order valence-corrected chi connectivity index (χ0v) is 17.4. The quantitative estimate of drug-likeness (QED) is 0.735. The first kappa shape index (κ1) is 18.4. The Kier molecular flexibility index (Phi) is 4.63. The molecule has 0 spiro atoms. The fraction of sp³-hybridized carbons (Fsp3) is 0.409. The zero-order valence-electron chi connectivity index (χ0n) is 15.9. The molecule has 0 N–H and O–H groups in total. The topological polar surface area (TPSA) is 26.8 Å². The monoisotopic (exact) mass is 415 g/mol. The molecule has 4 nitrogen and oxygen atoms in total. The average molecular weight is 416 g/mol. The van der Waals surface area contributed by atoms with Crippen LogP contribution in [0.1, 0.15) is 34.3 Å². The van der Waals surface area contributed by atoms with Crippen LogP contribution in [-0.2, 0) is 13.1 Å². The van der Waals surface area contributed by atoms with Crippen LogP contribution in [0.2, 0.25) is 10.0 Å². The van der Waals surface area contributed by atoms with Gasteiger partial charge < -0.3 is 4.90 Å². The molecule has 2 fully saturated rings. The molecule has 2 heterocycles. The highest BCUT2D eigenvalue weighted by Crippen LogP contribution is 2.39. The van der Waals surface area contributed by atoms with Crippen LogP contribution in [-0.4, -0.2) is 53.5 Å². The molecule has 0 bridgehead atoms. The Labute approximate surface area is 175 Å². The summed E-state index contributed by atoms with van der Waals surface area (Å²) in [6.45, 7) is 4.67. The third-order valence-electron chi connectivity index (χ3n) is 5.99. The van der Waals surface area contributed by atoms with Crippen LogP contribution in [0.4, 0.5) is 0 Å². The summed E-state index contributed by atoms with van der Waals surface area (Å²) in [6, 6.07) is 10.6. The van der Waals surface area contributed by atoms with Gasteiger partial charge in [0.25, 0.3) is 5.91 Å². The predicted molar refractivity (Wildman–Crippen MR) is 113 cm³/mol. The van der Waals surface area contributed by atoms with Gasteiger partial charge >= 0.3 is 0 Å². The lowest BCUT2D eigenvalue weighted by Gasteiger charge is -2.17. The molecular formula is C22H23Cl2N3O. The van der Waals surface area contributed by atoms with Crippen LogP contribution in [0.15, 0.2) is 30.3 Å². The SMILES string of the molecule is CN1CCN(Cc2ccc(-c3cc(Cl)c4c(c3)CN(C3CC3)C4=O)cc2Cl)C1. The summed E-state index contributed by atoms with van der Waals surface area (Å²) < 4.78 is 0. The van der Waals surface area contributed by atoms with Gasteiger partial charge in [-0.15, -0.1) is 0 Å². The normalized spacial score (nSPS) is 20.2. The van der Waals surface area contributed by atoms with Crippen LogP contribution < -0.4 is 0 Å². The van der Waals surface area contributed by atoms with Crippen molar-refractivity contribution in [2.24, 2.45) is 0 Å². The van der Waals surface area contributed by atoms with E-state index in [2.05, 4.69) is 35.0 Å². The van der Waals surface area contributed by atoms with Crippen molar-refractivity contribution in [3.05, 3.63) is 57.1 Å². The van der Waals surface area contributed by atoms with Crippen LogP contribution in [0.5, 0.6) is 0 Å². The number of likely N-dealkylation sites (N-methyl/N-ethyl adjacent to an activating group) is 1. The minimum absolute atomic E-state index is 0.0815. The van der Waals surface area contributed by atoms with Crippen LogP contribution in [0, 0.1) is 0 Å². The van der Waals surface area contributed by atoms with Gasteiger partial charge in [-0.3, -0.25) is 14.6 Å². The summed E-state index contributed by atoms with van der Waals surface area (Å²) in [5.41, 5.74) is 4.90. The maximum absolute atomic E-state index is 12.6. The van der Waals surface area contributed by atoms with E-state index in [0.717, 1.165) is 66.4 Å². The van der Waals surface area contributed by atoms with Gasteiger partial charge in [0, 0.05) is 37.2 Å². The predicted octanol–water partition coefficient (Wildman–Crippen LogP) is 4.48. The second-order valence-electron chi connectivity index (χ2n) is 8.24. The van der Waals surface area contributed by atoms with Crippen molar-refractivity contribution in [1.82, 2.24) is 14.7 Å². The molecule has 1 saturated carbocycles. The summed E-state index contributed by atoms with van der Waals surface area (Å²) in [7, 11) is 2.14. The van der Waals surface area contributed by atoms with E-state index >= 15 is 0 Å². The summed E-state index contributed by atoms with van der Waals surface area (Å²) in [6.07, 6.45) is 2.21. The van der Waals surface area contributed by atoms with Gasteiger partial charge in [-0.25, -0.2) is 0 Å². The van der Waals surface area contributed by atoms with Crippen molar-refractivity contribution < 1.29 is 4.79 Å². The third kappa shape index (κ3) is 3.33. The maximum Gasteiger partial charge on any atom is 0.256 e. The number of fused-ring (bicyclic) bond motifs is 1. The fourth-order valence-electron chi connectivity index (χ4n) is 4.29. The Morgan fingerprint density at radius 3 is 2.50 bits per heavy atom. The molecule has 0 atom stereocenters. The Bertz CT molecular complexity index is 957. The number of hydrogen-bond acceptors (Lipinski definition) is 3. The molecule has 0 unspecified atom stereocenters. The molecule has 2 aliphatic heterocycles. The standard InChI is InChI=1S/C22H23Cl2N3O/c1-25-6-7-26(13-25)11-15-3-2-14(9-19(15)23)16-8-17-12-27(18-4-5-18)22(28)21(17)20(24)10-16/h2-3,8-10,18H,4-7,11-13H2,1H3. The van der Waals surface area contributed by atoms with E-state index in [9.17, 15) is 4.79 Å². The molecule has 2 aromatic rings. The van der Waals surface area contributed by atoms with E-state index in [0.29, 0.717) is 23.2 Å². The molecule has 1 amide bonds. The van der Waals surface area contributed by atoms with Gasteiger partial charge in [-0.1, -0.05) is 35.3 Å². The molecule has 2 aromatic carbocycles. The summed E-state index contributed by atoms with van der Waals surface area (Å²) >= 11 is 13.1. The largest absolute Gasteiger partial charge is 0.331 e. The van der Waals surface area contributed by atoms with Gasteiger partial charge in [0.1, 0.15) is 0 Å². The van der Waals surface area contributed by atoms with E-state index in [1.165, 1.54) is 0 Å². The first-order valence-corrected chi connectivity index (χ1v) is 10.6. The summed E-state index contributed by atoms with van der Waals surface area (Å²) in [5.74, 6) is 0.0815. The number of carbonyl (C=O) groups excluding carboxylic acids is 1. The van der Waals surface area contributed by atoms with Crippen molar-refractivity contribution in [2.75, 3.05) is 26.8 Å². The van der Waals surface area contributed by atoms with E-state index in [1.54, 1.807) is 0 Å². The zero-order chi connectivity index (χ0) is 19.4. The molecule has 6 heteroatoms. The van der Waals surface area contributed by atoms with Gasteiger partial charge in [-0.05, 0) is 60.3 Å². The molecule has 5 rings (SSSR count). The molecule has 146 valence electrons. The summed E-state index contributed by atoms with van der Waals surface area (Å²) in [5, 5.41) is 1.32. The van der Waals surface area contributed by atoms with Crippen molar-refractivity contribution in [1.29, 1.82) is 0 Å². The number of amides is 1. The Hall–Kier alpha value is -1.59. The van der Waals surface area contributed by atoms with Crippen molar-refractivity contribution in [2.45, 2.75) is 32.0 Å².